The van der Waals surface area contributed by atoms with E-state index in [1.165, 1.54) is 27.7 Å². The van der Waals surface area contributed by atoms with Gasteiger partial charge >= 0.3 is 0 Å². The maximum absolute atomic E-state index is 5.00. The zero-order valence-electron chi connectivity index (χ0n) is 18.5. The Morgan fingerprint density at radius 1 is 1.06 bits per heavy atom. The Balaban J connectivity index is 1.41. The van der Waals surface area contributed by atoms with Gasteiger partial charge in [0.15, 0.2) is 5.65 Å². The van der Waals surface area contributed by atoms with Crippen LogP contribution >= 0.6 is 0 Å². The van der Waals surface area contributed by atoms with E-state index in [4.69, 9.17) is 10.1 Å². The summed E-state index contributed by atoms with van der Waals surface area (Å²) in [6, 6.07) is 21.5. The molecule has 0 spiro atoms. The van der Waals surface area contributed by atoms with Crippen LogP contribution in [0.15, 0.2) is 66.9 Å². The van der Waals surface area contributed by atoms with E-state index in [0.717, 1.165) is 42.0 Å². The summed E-state index contributed by atoms with van der Waals surface area (Å²) < 4.78 is 1.98. The van der Waals surface area contributed by atoms with Crippen LogP contribution in [0.1, 0.15) is 43.0 Å². The van der Waals surface area contributed by atoms with Gasteiger partial charge in [-0.15, -0.1) is 0 Å². The van der Waals surface area contributed by atoms with Crippen LogP contribution in [0.5, 0.6) is 0 Å². The molecule has 1 aliphatic rings. The summed E-state index contributed by atoms with van der Waals surface area (Å²) in [5, 5.41) is 9.89. The smallest absolute Gasteiger partial charge is 0.161 e. The predicted octanol–water partition coefficient (Wildman–Crippen LogP) is 5.97. The lowest BCUT2D eigenvalue weighted by Crippen LogP contribution is -2.28. The standard InChI is InChI=1S/C27H27N5/c1-17(2)22-16-28-32-26(15-25(31-27(22)32)18-8-4-3-5-9-18)29-19-12-13-24-21(14-19)20-10-6-7-11-23(20)30-24/h3-11,15-17,19,29-30H,12-14H2,1-2H3/t19-/m1/s1. The zero-order valence-corrected chi connectivity index (χ0v) is 18.5. The van der Waals surface area contributed by atoms with Crippen molar-refractivity contribution in [3.8, 4) is 11.3 Å². The second kappa shape index (κ2) is 7.52. The first-order valence-corrected chi connectivity index (χ1v) is 11.5. The minimum absolute atomic E-state index is 0.350. The molecule has 1 aliphatic carbocycles. The molecule has 5 nitrogen and oxygen atoms in total. The second-order valence-electron chi connectivity index (χ2n) is 9.09. The summed E-state index contributed by atoms with van der Waals surface area (Å²) in [6.45, 7) is 4.39. The molecule has 160 valence electrons. The van der Waals surface area contributed by atoms with E-state index in [-0.39, 0.29) is 0 Å². The number of hydrogen-bond acceptors (Lipinski definition) is 3. The highest BCUT2D eigenvalue weighted by molar-refractivity contribution is 5.85. The van der Waals surface area contributed by atoms with Crippen LogP contribution < -0.4 is 5.32 Å². The Kier molecular flexibility index (Phi) is 4.49. The van der Waals surface area contributed by atoms with Gasteiger partial charge in [-0.05, 0) is 36.8 Å². The van der Waals surface area contributed by atoms with Crippen molar-refractivity contribution < 1.29 is 0 Å². The topological polar surface area (TPSA) is 58.0 Å². The third-order valence-corrected chi connectivity index (χ3v) is 6.64. The molecule has 6 rings (SSSR count). The lowest BCUT2D eigenvalue weighted by molar-refractivity contribution is 0.603. The van der Waals surface area contributed by atoms with Crippen molar-refractivity contribution in [2.45, 2.75) is 45.1 Å². The second-order valence-corrected chi connectivity index (χ2v) is 9.09. The van der Waals surface area contributed by atoms with Crippen LogP contribution in [0.2, 0.25) is 0 Å². The summed E-state index contributed by atoms with van der Waals surface area (Å²) in [5.74, 6) is 1.37. The molecule has 0 bridgehead atoms. The van der Waals surface area contributed by atoms with Crippen LogP contribution in [0.3, 0.4) is 0 Å². The van der Waals surface area contributed by atoms with Gasteiger partial charge in [0.2, 0.25) is 0 Å². The van der Waals surface area contributed by atoms with E-state index in [1.807, 2.05) is 16.8 Å². The van der Waals surface area contributed by atoms with Crippen LogP contribution in [0, 0.1) is 0 Å². The summed E-state index contributed by atoms with van der Waals surface area (Å²) >= 11 is 0. The van der Waals surface area contributed by atoms with E-state index in [1.54, 1.807) is 0 Å². The fraction of sp³-hybridized carbons (Fsp3) is 0.259. The van der Waals surface area contributed by atoms with Gasteiger partial charge in [0.25, 0.3) is 0 Å². The maximum atomic E-state index is 5.00. The van der Waals surface area contributed by atoms with Gasteiger partial charge in [0.1, 0.15) is 5.82 Å². The largest absolute Gasteiger partial charge is 0.367 e. The fourth-order valence-corrected chi connectivity index (χ4v) is 4.95. The van der Waals surface area contributed by atoms with Gasteiger partial charge in [-0.25, -0.2) is 4.98 Å². The number of H-pyrrole nitrogens is 1. The molecule has 32 heavy (non-hydrogen) atoms. The number of aromatic nitrogens is 4. The Bertz CT molecular complexity index is 1410. The monoisotopic (exact) mass is 421 g/mol. The number of benzene rings is 2. The molecule has 2 N–H and O–H groups in total. The number of fused-ring (bicyclic) bond motifs is 4. The molecule has 0 radical (unpaired) electrons. The molecule has 0 fully saturated rings. The van der Waals surface area contributed by atoms with Gasteiger partial charge < -0.3 is 10.3 Å². The van der Waals surface area contributed by atoms with Crippen molar-refractivity contribution in [2.75, 3.05) is 5.32 Å². The Morgan fingerprint density at radius 3 is 2.72 bits per heavy atom. The first-order chi connectivity index (χ1) is 15.7. The number of anilines is 1. The van der Waals surface area contributed by atoms with Gasteiger partial charge in [-0.1, -0.05) is 62.4 Å². The van der Waals surface area contributed by atoms with Crippen molar-refractivity contribution in [3.05, 3.63) is 83.7 Å². The molecule has 5 aromatic rings. The average molecular weight is 422 g/mol. The fourth-order valence-electron chi connectivity index (χ4n) is 4.95. The van der Waals surface area contributed by atoms with E-state index >= 15 is 0 Å². The zero-order chi connectivity index (χ0) is 21.7. The number of rotatable bonds is 4. The van der Waals surface area contributed by atoms with E-state index in [2.05, 4.69) is 78.7 Å². The van der Waals surface area contributed by atoms with Gasteiger partial charge in [-0.3, -0.25) is 0 Å². The quantitative estimate of drug-likeness (QED) is 0.376. The van der Waals surface area contributed by atoms with Gasteiger partial charge in [-0.2, -0.15) is 9.61 Å². The molecule has 5 heteroatoms. The molecule has 3 heterocycles. The molecule has 0 unspecified atom stereocenters. The Hall–Kier alpha value is -3.60. The summed E-state index contributed by atoms with van der Waals surface area (Å²) in [7, 11) is 0. The highest BCUT2D eigenvalue weighted by Gasteiger charge is 2.24. The number of nitrogens with zero attached hydrogens (tertiary/aromatic N) is 3. The number of para-hydroxylation sites is 1. The molecule has 0 aliphatic heterocycles. The third-order valence-electron chi connectivity index (χ3n) is 6.64. The van der Waals surface area contributed by atoms with Crippen molar-refractivity contribution in [1.82, 2.24) is 19.6 Å². The van der Waals surface area contributed by atoms with Gasteiger partial charge in [0, 0.05) is 39.8 Å². The van der Waals surface area contributed by atoms with E-state index < -0.39 is 0 Å². The molecule has 0 saturated carbocycles. The average Bonchev–Trinajstić information content (AvgIpc) is 3.41. The SMILES string of the molecule is CC(C)c1cnn2c(N[C@@H]3CCc4[nH]c5ccccc5c4C3)cc(-c3ccccc3)nc12. The number of nitrogens with one attached hydrogen (secondary N) is 2. The summed E-state index contributed by atoms with van der Waals surface area (Å²) in [6.07, 6.45) is 5.11. The minimum Gasteiger partial charge on any atom is -0.367 e. The van der Waals surface area contributed by atoms with E-state index in [0.29, 0.717) is 12.0 Å². The first-order valence-electron chi connectivity index (χ1n) is 11.5. The molecule has 3 aromatic heterocycles. The van der Waals surface area contributed by atoms with E-state index in [9.17, 15) is 0 Å². The van der Waals surface area contributed by atoms with Crippen LogP contribution in [-0.2, 0) is 12.8 Å². The number of aromatic amines is 1. The number of aryl methyl sites for hydroxylation is 1. The summed E-state index contributed by atoms with van der Waals surface area (Å²) in [5.41, 5.74) is 8.28. The minimum atomic E-state index is 0.350. The van der Waals surface area contributed by atoms with Crippen LogP contribution in [0.25, 0.3) is 27.8 Å². The lowest BCUT2D eigenvalue weighted by atomic mass is 9.91. The molecular formula is C27H27N5. The third kappa shape index (κ3) is 3.16. The molecule has 2 aromatic carbocycles. The van der Waals surface area contributed by atoms with Crippen molar-refractivity contribution in [1.29, 1.82) is 0 Å². The maximum Gasteiger partial charge on any atom is 0.161 e. The molecule has 0 saturated heterocycles. The van der Waals surface area contributed by atoms with Crippen molar-refractivity contribution in [2.24, 2.45) is 0 Å². The van der Waals surface area contributed by atoms with Crippen molar-refractivity contribution in [3.63, 3.8) is 0 Å². The highest BCUT2D eigenvalue weighted by atomic mass is 15.3. The Labute approximate surface area is 187 Å². The van der Waals surface area contributed by atoms with Crippen LogP contribution in [0.4, 0.5) is 5.82 Å². The molecular weight excluding hydrogens is 394 g/mol. The normalized spacial score (nSPS) is 16.0. The lowest BCUT2D eigenvalue weighted by Gasteiger charge is -2.25. The highest BCUT2D eigenvalue weighted by Crippen LogP contribution is 2.32. The number of hydrogen-bond donors (Lipinski definition) is 2. The van der Waals surface area contributed by atoms with Crippen LogP contribution in [-0.4, -0.2) is 25.6 Å². The Morgan fingerprint density at radius 2 is 1.88 bits per heavy atom. The van der Waals surface area contributed by atoms with Gasteiger partial charge in [0.05, 0.1) is 11.9 Å². The summed E-state index contributed by atoms with van der Waals surface area (Å²) in [4.78, 5) is 8.63. The predicted molar refractivity (Wildman–Crippen MR) is 130 cm³/mol. The molecule has 0 amide bonds. The first kappa shape index (κ1) is 19.1. The van der Waals surface area contributed by atoms with Crippen molar-refractivity contribution >= 4 is 22.4 Å². The molecule has 1 atom stereocenters.